The number of aliphatic hydroxyl groups excluding tert-OH is 2. The Morgan fingerprint density at radius 2 is 1.62 bits per heavy atom. The van der Waals surface area contributed by atoms with Gasteiger partial charge >= 0.3 is 23.5 Å². The number of thioether (sulfide) groups is 1. The van der Waals surface area contributed by atoms with E-state index in [1.165, 1.54) is 52.4 Å². The quantitative estimate of drug-likeness (QED) is 0.0308. The molecular weight excluding hydrogens is 915 g/mol. The van der Waals surface area contributed by atoms with Crippen molar-refractivity contribution >= 4 is 69.1 Å². The summed E-state index contributed by atoms with van der Waals surface area (Å²) in [5.41, 5.74) is 4.28. The van der Waals surface area contributed by atoms with Crippen molar-refractivity contribution in [2.24, 2.45) is 5.41 Å². The third kappa shape index (κ3) is 19.4. The van der Waals surface area contributed by atoms with Gasteiger partial charge in [0, 0.05) is 37.1 Å². The van der Waals surface area contributed by atoms with Gasteiger partial charge in [0.25, 0.3) is 0 Å². The number of nitrogens with zero attached hydrogens (tertiary/aromatic N) is 4. The van der Waals surface area contributed by atoms with Crippen LogP contribution in [0.2, 0.25) is 0 Å². The normalized spacial score (nSPS) is 20.7. The van der Waals surface area contributed by atoms with Gasteiger partial charge in [0.05, 0.1) is 19.5 Å². The molecule has 3 heterocycles. The van der Waals surface area contributed by atoms with Crippen LogP contribution in [0, 0.1) is 5.41 Å². The standard InChI is InChI=1S/C35H60N7O17P3S/c1-4-5-6-7-8-9-10-11-12-13-14-15-26(44)63-19-18-37-25(43)16-17-38-33(47)30(46)35(2,3)21-56-62(53,54)59-61(51,52)55-20-24-29(58-60(48,49)50)28(45)34(57-24)42-23-41-27-31(36)39-22-40-32(27)42/h12-13,22-24,28-30,34,45-46H,4-11,14-21H2,1-3H3,(H,37,43)(H,38,47)(H,51,52)(H,53,54)(H2,36,39,40)(H2,48,49,50)/b13-12+. The van der Waals surface area contributed by atoms with E-state index in [1.54, 1.807) is 0 Å². The van der Waals surface area contributed by atoms with E-state index in [0.717, 1.165) is 41.8 Å². The Hall–Kier alpha value is -2.70. The lowest BCUT2D eigenvalue weighted by Crippen LogP contribution is -2.46. The monoisotopic (exact) mass is 975 g/mol. The first-order valence-corrected chi connectivity index (χ1v) is 25.8. The molecule has 1 aliphatic rings. The van der Waals surface area contributed by atoms with Gasteiger partial charge in [-0.15, -0.1) is 0 Å². The number of carbonyl (C=O) groups excluding carboxylic acids is 3. The summed E-state index contributed by atoms with van der Waals surface area (Å²) in [6.07, 6.45) is 8.04. The average molecular weight is 976 g/mol. The highest BCUT2D eigenvalue weighted by molar-refractivity contribution is 8.13. The van der Waals surface area contributed by atoms with Crippen LogP contribution in [0.25, 0.3) is 11.2 Å². The molecule has 24 nitrogen and oxygen atoms in total. The summed E-state index contributed by atoms with van der Waals surface area (Å²) < 4.78 is 62.3. The number of hydrogen-bond acceptors (Lipinski definition) is 18. The fourth-order valence-electron chi connectivity index (χ4n) is 6.02. The molecule has 0 saturated carbocycles. The minimum atomic E-state index is -5.57. The smallest absolute Gasteiger partial charge is 0.386 e. The van der Waals surface area contributed by atoms with Crippen LogP contribution >= 0.6 is 35.2 Å². The van der Waals surface area contributed by atoms with Crippen molar-refractivity contribution in [3.05, 3.63) is 24.8 Å². The van der Waals surface area contributed by atoms with Crippen LogP contribution < -0.4 is 16.4 Å². The van der Waals surface area contributed by atoms with Crippen molar-refractivity contribution in [2.45, 2.75) is 122 Å². The molecule has 2 amide bonds. The molecule has 0 aromatic carbocycles. The van der Waals surface area contributed by atoms with Crippen molar-refractivity contribution in [2.75, 3.05) is 37.8 Å². The highest BCUT2D eigenvalue weighted by Gasteiger charge is 2.50. The molecule has 63 heavy (non-hydrogen) atoms. The van der Waals surface area contributed by atoms with Crippen LogP contribution in [0.1, 0.15) is 97.6 Å². The maximum absolute atomic E-state index is 12.7. The molecule has 7 unspecified atom stereocenters. The lowest BCUT2D eigenvalue weighted by Gasteiger charge is -2.30. The van der Waals surface area contributed by atoms with Gasteiger partial charge in [0.15, 0.2) is 22.8 Å². The van der Waals surface area contributed by atoms with E-state index in [4.69, 9.17) is 19.5 Å². The van der Waals surface area contributed by atoms with Gasteiger partial charge in [-0.2, -0.15) is 4.31 Å². The summed E-state index contributed by atoms with van der Waals surface area (Å²) in [7, 11) is -16.4. The number of hydrogen-bond donors (Lipinski definition) is 9. The molecule has 0 radical (unpaired) electrons. The first-order chi connectivity index (χ1) is 29.6. The Morgan fingerprint density at radius 3 is 2.32 bits per heavy atom. The topological polar surface area (TPSA) is 364 Å². The minimum Gasteiger partial charge on any atom is -0.386 e. The molecule has 2 aromatic heterocycles. The highest BCUT2D eigenvalue weighted by Crippen LogP contribution is 2.61. The number of rotatable bonds is 30. The Kier molecular flexibility index (Phi) is 22.4. The number of unbranched alkanes of at least 4 members (excludes halogenated alkanes) is 7. The van der Waals surface area contributed by atoms with E-state index in [-0.39, 0.29) is 41.6 Å². The molecule has 10 N–H and O–H groups in total. The number of phosphoric ester groups is 3. The first kappa shape index (κ1) is 54.6. The molecule has 1 aliphatic heterocycles. The Bertz CT molecular complexity index is 1970. The minimum absolute atomic E-state index is 0.0155. The lowest BCUT2D eigenvalue weighted by molar-refractivity contribution is -0.137. The van der Waals surface area contributed by atoms with E-state index < -0.39 is 84.6 Å². The molecule has 0 aliphatic carbocycles. The second-order valence-electron chi connectivity index (χ2n) is 15.2. The number of carbonyl (C=O) groups is 3. The summed E-state index contributed by atoms with van der Waals surface area (Å²) in [6.45, 7) is 2.74. The number of allylic oxidation sites excluding steroid dienone is 2. The third-order valence-corrected chi connectivity index (χ3v) is 13.5. The molecule has 358 valence electrons. The van der Waals surface area contributed by atoms with Crippen molar-refractivity contribution in [3.8, 4) is 0 Å². The summed E-state index contributed by atoms with van der Waals surface area (Å²) in [6, 6.07) is 0. The summed E-state index contributed by atoms with van der Waals surface area (Å²) >= 11 is 1.12. The van der Waals surface area contributed by atoms with Gasteiger partial charge in [-0.25, -0.2) is 28.6 Å². The molecule has 7 atom stereocenters. The van der Waals surface area contributed by atoms with Crippen molar-refractivity contribution in [1.29, 1.82) is 0 Å². The Labute approximate surface area is 368 Å². The number of nitrogens with two attached hydrogens (primary N) is 1. The third-order valence-electron chi connectivity index (χ3n) is 9.42. The lowest BCUT2D eigenvalue weighted by atomic mass is 9.87. The SMILES string of the molecule is CCCCCCCCC/C=C/CCC(=O)SCCNC(=O)CCNC(=O)C(O)C(C)(C)COP(=O)(O)OP(=O)(O)OCC1OC(n2cnc3c(N)ncnc32)C(O)C1OP(=O)(O)O. The molecule has 0 spiro atoms. The summed E-state index contributed by atoms with van der Waals surface area (Å²) in [4.78, 5) is 88.1. The molecule has 1 fully saturated rings. The number of anilines is 1. The van der Waals surface area contributed by atoms with Crippen LogP contribution in [-0.2, 0) is 50.7 Å². The number of aromatic nitrogens is 4. The van der Waals surface area contributed by atoms with Gasteiger partial charge in [0.1, 0.15) is 36.3 Å². The number of nitrogens with one attached hydrogen (secondary N) is 2. The van der Waals surface area contributed by atoms with E-state index in [0.29, 0.717) is 18.6 Å². The molecule has 0 bridgehead atoms. The van der Waals surface area contributed by atoms with Gasteiger partial charge in [-0.05, 0) is 19.3 Å². The first-order valence-electron chi connectivity index (χ1n) is 20.3. The van der Waals surface area contributed by atoms with Crippen LogP contribution in [0.15, 0.2) is 24.8 Å². The second kappa shape index (κ2) is 25.9. The zero-order chi connectivity index (χ0) is 46.8. The molecule has 28 heteroatoms. The molecular formula is C35H60N7O17P3S. The van der Waals surface area contributed by atoms with Gasteiger partial charge in [-0.1, -0.05) is 83.2 Å². The predicted octanol–water partition coefficient (Wildman–Crippen LogP) is 3.14. The van der Waals surface area contributed by atoms with Gasteiger partial charge in [-0.3, -0.25) is 32.5 Å². The van der Waals surface area contributed by atoms with E-state index in [2.05, 4.69) is 47.4 Å². The van der Waals surface area contributed by atoms with Crippen molar-refractivity contribution in [1.82, 2.24) is 30.2 Å². The summed E-state index contributed by atoms with van der Waals surface area (Å²) in [5.74, 6) is -1.06. The van der Waals surface area contributed by atoms with Gasteiger partial charge in [0.2, 0.25) is 11.8 Å². The van der Waals surface area contributed by atoms with E-state index in [9.17, 15) is 57.9 Å². The van der Waals surface area contributed by atoms with Gasteiger partial charge < -0.3 is 50.9 Å². The van der Waals surface area contributed by atoms with E-state index in [1.807, 2.05) is 6.08 Å². The predicted molar refractivity (Wildman–Crippen MR) is 228 cm³/mol. The maximum atomic E-state index is 12.7. The fraction of sp³-hybridized carbons (Fsp3) is 0.714. The van der Waals surface area contributed by atoms with E-state index >= 15 is 0 Å². The van der Waals surface area contributed by atoms with Crippen LogP contribution in [0.3, 0.4) is 0 Å². The Morgan fingerprint density at radius 1 is 0.952 bits per heavy atom. The molecule has 1 saturated heterocycles. The Balaban J connectivity index is 1.36. The number of amides is 2. The average Bonchev–Trinajstić information content (AvgIpc) is 3.76. The molecule has 3 rings (SSSR count). The highest BCUT2D eigenvalue weighted by atomic mass is 32.2. The largest absolute Gasteiger partial charge is 0.481 e. The molecule has 2 aromatic rings. The zero-order valence-electron chi connectivity index (χ0n) is 35.3. The van der Waals surface area contributed by atoms with Crippen molar-refractivity contribution < 1.29 is 80.5 Å². The number of phosphoric acid groups is 3. The number of nitrogen functional groups attached to an aromatic ring is 1. The van der Waals surface area contributed by atoms with Crippen LogP contribution in [-0.4, -0.2) is 123 Å². The number of aliphatic hydroxyl groups is 2. The zero-order valence-corrected chi connectivity index (χ0v) is 38.8. The fourth-order valence-corrected chi connectivity index (χ4v) is 9.55. The summed E-state index contributed by atoms with van der Waals surface area (Å²) in [5, 5.41) is 26.5. The van der Waals surface area contributed by atoms with Crippen LogP contribution in [0.5, 0.6) is 0 Å². The second-order valence-corrected chi connectivity index (χ2v) is 20.6. The van der Waals surface area contributed by atoms with Crippen LogP contribution in [0.4, 0.5) is 5.82 Å². The number of ether oxygens (including phenoxy) is 1. The number of fused-ring (bicyclic) bond motifs is 1. The van der Waals surface area contributed by atoms with Crippen molar-refractivity contribution in [3.63, 3.8) is 0 Å². The maximum Gasteiger partial charge on any atom is 0.481 e. The number of imidazole rings is 1.